The lowest BCUT2D eigenvalue weighted by molar-refractivity contribution is -0.00000568. The van der Waals surface area contributed by atoms with Crippen molar-refractivity contribution in [3.8, 4) is 0 Å². The summed E-state index contributed by atoms with van der Waals surface area (Å²) < 4.78 is 0. The van der Waals surface area contributed by atoms with E-state index in [4.69, 9.17) is 0 Å². The van der Waals surface area contributed by atoms with E-state index in [9.17, 15) is 5.11 Å². The lowest BCUT2D eigenvalue weighted by Crippen LogP contribution is -3.00. The zero-order chi connectivity index (χ0) is 16.8. The molecule has 0 unspecified atom stereocenters. The molecule has 1 N–H and O–H groups in total. The van der Waals surface area contributed by atoms with E-state index in [0.29, 0.717) is 0 Å². The van der Waals surface area contributed by atoms with Crippen LogP contribution in [0.25, 0.3) is 0 Å². The molecule has 0 aliphatic carbocycles. The highest BCUT2D eigenvalue weighted by Gasteiger charge is 2.45. The minimum Gasteiger partial charge on any atom is -1.00 e. The maximum atomic E-state index is 9.76. The molecule has 0 spiro atoms. The number of aliphatic hydroxyl groups excluding tert-OH is 1. The minimum atomic E-state index is -1.79. The Kier molecular flexibility index (Phi) is 7.38. The SMILES string of the molecule is C[C@H](CO)C[P+](c1ccccc1)(c1ccccc1)c1ccccc1.[Br-]. The van der Waals surface area contributed by atoms with E-state index in [0.717, 1.165) is 6.16 Å². The van der Waals surface area contributed by atoms with Crippen molar-refractivity contribution in [2.24, 2.45) is 5.92 Å². The van der Waals surface area contributed by atoms with Crippen LogP contribution in [0.2, 0.25) is 0 Å². The quantitative estimate of drug-likeness (QED) is 0.586. The van der Waals surface area contributed by atoms with Gasteiger partial charge in [0.2, 0.25) is 0 Å². The van der Waals surface area contributed by atoms with Gasteiger partial charge in [-0.2, -0.15) is 0 Å². The fourth-order valence-electron chi connectivity index (χ4n) is 3.34. The molecule has 3 heteroatoms. The summed E-state index contributed by atoms with van der Waals surface area (Å²) in [6.45, 7) is 2.36. The molecular formula is C22H24BrOP. The van der Waals surface area contributed by atoms with Gasteiger partial charge in [0.05, 0.1) is 6.16 Å². The molecule has 25 heavy (non-hydrogen) atoms. The summed E-state index contributed by atoms with van der Waals surface area (Å²) in [5, 5.41) is 13.9. The first-order valence-electron chi connectivity index (χ1n) is 8.43. The average molecular weight is 415 g/mol. The van der Waals surface area contributed by atoms with Crippen LogP contribution in [0.3, 0.4) is 0 Å². The predicted octanol–water partition coefficient (Wildman–Crippen LogP) is 0.613. The molecule has 0 saturated heterocycles. The Morgan fingerprint density at radius 1 is 0.680 bits per heavy atom. The van der Waals surface area contributed by atoms with Crippen LogP contribution >= 0.6 is 7.26 Å². The summed E-state index contributed by atoms with van der Waals surface area (Å²) in [6, 6.07) is 32.5. The molecule has 0 aliphatic rings. The summed E-state index contributed by atoms with van der Waals surface area (Å²) in [4.78, 5) is 0. The van der Waals surface area contributed by atoms with E-state index in [1.165, 1.54) is 15.9 Å². The third-order valence-corrected chi connectivity index (χ3v) is 9.20. The molecular weight excluding hydrogens is 391 g/mol. The van der Waals surface area contributed by atoms with Gasteiger partial charge in [-0.15, -0.1) is 0 Å². The summed E-state index contributed by atoms with van der Waals surface area (Å²) in [5.74, 6) is 0.249. The Hall–Kier alpha value is -1.47. The molecule has 1 atom stereocenters. The fraction of sp³-hybridized carbons (Fsp3) is 0.182. The number of rotatable bonds is 6. The molecule has 3 aromatic rings. The van der Waals surface area contributed by atoms with Gasteiger partial charge in [0, 0.05) is 12.5 Å². The maximum Gasteiger partial charge on any atom is 0.112 e. The molecule has 0 aliphatic heterocycles. The highest BCUT2D eigenvalue weighted by Crippen LogP contribution is 2.56. The molecule has 3 aromatic carbocycles. The second-order valence-electron chi connectivity index (χ2n) is 6.29. The Morgan fingerprint density at radius 2 is 1.00 bits per heavy atom. The van der Waals surface area contributed by atoms with Gasteiger partial charge in [-0.05, 0) is 36.4 Å². The fourth-order valence-corrected chi connectivity index (χ4v) is 7.96. The first-order chi connectivity index (χ1) is 11.8. The first kappa shape index (κ1) is 19.8. The molecule has 0 bridgehead atoms. The van der Waals surface area contributed by atoms with Crippen molar-refractivity contribution in [2.75, 3.05) is 12.8 Å². The van der Waals surface area contributed by atoms with Gasteiger partial charge in [0.15, 0.2) is 0 Å². The minimum absolute atomic E-state index is 0. The standard InChI is InChI=1S/C22H24OP.BrH/c1-19(17-23)18-24(20-11-5-2-6-12-20,21-13-7-3-8-14-21)22-15-9-4-10-16-22;/h2-16,19,23H,17-18H2,1H3;1H/q+1;/p-1/t19-;/m1./s1. The molecule has 0 fully saturated rings. The average Bonchev–Trinajstić information content (AvgIpc) is 2.68. The number of hydrogen-bond donors (Lipinski definition) is 1. The van der Waals surface area contributed by atoms with Crippen LogP contribution in [0, 0.1) is 5.92 Å². The molecule has 1 nitrogen and oxygen atoms in total. The monoisotopic (exact) mass is 414 g/mol. The van der Waals surface area contributed by atoms with E-state index < -0.39 is 7.26 Å². The molecule has 0 saturated carbocycles. The second-order valence-corrected chi connectivity index (χ2v) is 9.82. The summed E-state index contributed by atoms with van der Waals surface area (Å²) >= 11 is 0. The lowest BCUT2D eigenvalue weighted by atomic mass is 10.2. The van der Waals surface area contributed by atoms with Gasteiger partial charge in [0.25, 0.3) is 0 Å². The van der Waals surface area contributed by atoms with Crippen molar-refractivity contribution < 1.29 is 22.1 Å². The molecule has 130 valence electrons. The highest BCUT2D eigenvalue weighted by molar-refractivity contribution is 7.95. The molecule has 0 amide bonds. The Balaban J connectivity index is 0.00000225. The zero-order valence-electron chi connectivity index (χ0n) is 14.4. The highest BCUT2D eigenvalue weighted by atomic mass is 79.9. The topological polar surface area (TPSA) is 20.2 Å². The van der Waals surface area contributed by atoms with Crippen LogP contribution in [0.4, 0.5) is 0 Å². The Morgan fingerprint density at radius 3 is 1.28 bits per heavy atom. The van der Waals surface area contributed by atoms with Gasteiger partial charge >= 0.3 is 0 Å². The maximum absolute atomic E-state index is 9.76. The lowest BCUT2D eigenvalue weighted by Gasteiger charge is -2.29. The van der Waals surface area contributed by atoms with Gasteiger partial charge in [-0.1, -0.05) is 61.5 Å². The van der Waals surface area contributed by atoms with Gasteiger partial charge in [-0.25, -0.2) is 0 Å². The normalized spacial score (nSPS) is 12.2. The Labute approximate surface area is 161 Å². The summed E-state index contributed by atoms with van der Waals surface area (Å²) in [7, 11) is -1.79. The van der Waals surface area contributed by atoms with Crippen LogP contribution in [-0.4, -0.2) is 17.9 Å². The van der Waals surface area contributed by atoms with E-state index in [-0.39, 0.29) is 29.5 Å². The van der Waals surface area contributed by atoms with E-state index >= 15 is 0 Å². The summed E-state index contributed by atoms with van der Waals surface area (Å²) in [6.07, 6.45) is 0.974. The van der Waals surface area contributed by atoms with E-state index in [2.05, 4.69) is 97.9 Å². The van der Waals surface area contributed by atoms with Crippen molar-refractivity contribution >= 4 is 23.2 Å². The number of aliphatic hydroxyl groups is 1. The van der Waals surface area contributed by atoms with Crippen molar-refractivity contribution in [1.82, 2.24) is 0 Å². The van der Waals surface area contributed by atoms with Crippen LogP contribution in [0.5, 0.6) is 0 Å². The van der Waals surface area contributed by atoms with Crippen molar-refractivity contribution in [3.05, 3.63) is 91.0 Å². The number of hydrogen-bond acceptors (Lipinski definition) is 1. The van der Waals surface area contributed by atoms with Crippen molar-refractivity contribution in [3.63, 3.8) is 0 Å². The smallest absolute Gasteiger partial charge is 0.112 e. The summed E-state index contributed by atoms with van der Waals surface area (Å²) in [5.41, 5.74) is 0. The molecule has 3 rings (SSSR count). The third-order valence-electron chi connectivity index (χ3n) is 4.49. The molecule has 0 heterocycles. The zero-order valence-corrected chi connectivity index (χ0v) is 16.9. The third kappa shape index (κ3) is 4.20. The molecule has 0 aromatic heterocycles. The molecule has 0 radical (unpaired) electrons. The van der Waals surface area contributed by atoms with Gasteiger partial charge < -0.3 is 22.1 Å². The van der Waals surface area contributed by atoms with Gasteiger partial charge in [0.1, 0.15) is 23.2 Å². The van der Waals surface area contributed by atoms with Gasteiger partial charge in [-0.3, -0.25) is 0 Å². The van der Waals surface area contributed by atoms with Crippen LogP contribution in [0.15, 0.2) is 91.0 Å². The van der Waals surface area contributed by atoms with E-state index in [1.54, 1.807) is 0 Å². The van der Waals surface area contributed by atoms with Crippen LogP contribution in [0.1, 0.15) is 6.92 Å². The number of halogens is 1. The largest absolute Gasteiger partial charge is 1.00 e. The van der Waals surface area contributed by atoms with Crippen LogP contribution < -0.4 is 32.9 Å². The van der Waals surface area contributed by atoms with Crippen molar-refractivity contribution in [2.45, 2.75) is 6.92 Å². The van der Waals surface area contributed by atoms with E-state index in [1.807, 2.05) is 0 Å². The first-order valence-corrected chi connectivity index (χ1v) is 10.4. The number of benzene rings is 3. The predicted molar refractivity (Wildman–Crippen MR) is 106 cm³/mol. The van der Waals surface area contributed by atoms with Crippen LogP contribution in [-0.2, 0) is 0 Å². The second kappa shape index (κ2) is 9.29. The Bertz CT molecular complexity index is 650. The van der Waals surface area contributed by atoms with Crippen molar-refractivity contribution in [1.29, 1.82) is 0 Å².